The summed E-state index contributed by atoms with van der Waals surface area (Å²) in [5.41, 5.74) is 1.13. The summed E-state index contributed by atoms with van der Waals surface area (Å²) >= 11 is 1.27. The summed E-state index contributed by atoms with van der Waals surface area (Å²) in [5.74, 6) is -0.451. The third-order valence-corrected chi connectivity index (χ3v) is 4.01. The van der Waals surface area contributed by atoms with E-state index in [4.69, 9.17) is 9.84 Å². The summed E-state index contributed by atoms with van der Waals surface area (Å²) in [6, 6.07) is 0.209. The highest BCUT2D eigenvalue weighted by Crippen LogP contribution is 2.29. The van der Waals surface area contributed by atoms with E-state index in [0.29, 0.717) is 12.5 Å². The summed E-state index contributed by atoms with van der Waals surface area (Å²) in [5, 5.41) is 9.61. The molecule has 0 bridgehead atoms. The SMILES string of the molecule is CCCC(COC)n1c(C(C)C)cnc1SCC(=O)O. The molecule has 0 aliphatic carbocycles. The number of imidazole rings is 1. The molecule has 0 saturated heterocycles. The van der Waals surface area contributed by atoms with Crippen LogP contribution in [0.4, 0.5) is 0 Å². The van der Waals surface area contributed by atoms with Crippen LogP contribution in [0.2, 0.25) is 0 Å². The molecule has 1 rings (SSSR count). The first-order valence-electron chi connectivity index (χ1n) is 6.91. The van der Waals surface area contributed by atoms with E-state index in [9.17, 15) is 4.79 Å². The molecule has 0 amide bonds. The molecule has 0 fully saturated rings. The lowest BCUT2D eigenvalue weighted by Gasteiger charge is -2.23. The van der Waals surface area contributed by atoms with Crippen molar-refractivity contribution in [2.24, 2.45) is 0 Å². The van der Waals surface area contributed by atoms with Gasteiger partial charge in [-0.3, -0.25) is 4.79 Å². The van der Waals surface area contributed by atoms with Gasteiger partial charge in [-0.25, -0.2) is 4.98 Å². The molecule has 20 heavy (non-hydrogen) atoms. The van der Waals surface area contributed by atoms with E-state index in [1.165, 1.54) is 11.8 Å². The molecular formula is C14H24N2O3S. The molecule has 1 aromatic heterocycles. The Bertz CT molecular complexity index is 426. The number of aromatic nitrogens is 2. The highest BCUT2D eigenvalue weighted by atomic mass is 32.2. The van der Waals surface area contributed by atoms with Gasteiger partial charge in [0.2, 0.25) is 0 Å². The number of methoxy groups -OCH3 is 1. The number of carboxylic acids is 1. The first-order valence-corrected chi connectivity index (χ1v) is 7.90. The maximum Gasteiger partial charge on any atom is 0.313 e. The first-order chi connectivity index (χ1) is 9.51. The minimum atomic E-state index is -0.825. The second-order valence-electron chi connectivity index (χ2n) is 5.07. The fourth-order valence-electron chi connectivity index (χ4n) is 2.20. The normalized spacial score (nSPS) is 12.8. The maximum absolute atomic E-state index is 10.8. The molecule has 0 spiro atoms. The number of carboxylic acid groups (broad SMARTS) is 1. The number of nitrogens with zero attached hydrogens (tertiary/aromatic N) is 2. The number of ether oxygens (including phenoxy) is 1. The molecule has 0 aliphatic rings. The number of carbonyl (C=O) groups is 1. The van der Waals surface area contributed by atoms with Gasteiger partial charge in [0.15, 0.2) is 5.16 Å². The summed E-state index contributed by atoms with van der Waals surface area (Å²) in [4.78, 5) is 15.2. The Labute approximate surface area is 124 Å². The molecule has 0 radical (unpaired) electrons. The Balaban J connectivity index is 3.08. The quantitative estimate of drug-likeness (QED) is 0.710. The van der Waals surface area contributed by atoms with Crippen LogP contribution in [0.25, 0.3) is 0 Å². The lowest BCUT2D eigenvalue weighted by atomic mass is 10.1. The lowest BCUT2D eigenvalue weighted by molar-refractivity contribution is -0.133. The van der Waals surface area contributed by atoms with Gasteiger partial charge in [0.1, 0.15) is 0 Å². The average Bonchev–Trinajstić information content (AvgIpc) is 2.79. The summed E-state index contributed by atoms with van der Waals surface area (Å²) in [7, 11) is 1.69. The Kier molecular flexibility index (Phi) is 7.09. The van der Waals surface area contributed by atoms with Crippen LogP contribution in [-0.4, -0.2) is 40.1 Å². The number of hydrogen-bond acceptors (Lipinski definition) is 4. The van der Waals surface area contributed by atoms with Gasteiger partial charge >= 0.3 is 5.97 Å². The molecule has 1 N–H and O–H groups in total. The number of rotatable bonds is 9. The summed E-state index contributed by atoms with van der Waals surface area (Å²) in [6.07, 6.45) is 3.89. The maximum atomic E-state index is 10.8. The average molecular weight is 300 g/mol. The first kappa shape index (κ1) is 17.0. The highest BCUT2D eigenvalue weighted by Gasteiger charge is 2.21. The van der Waals surface area contributed by atoms with Crippen molar-refractivity contribution in [2.75, 3.05) is 19.5 Å². The molecule has 1 heterocycles. The van der Waals surface area contributed by atoms with Crippen LogP contribution in [0.15, 0.2) is 11.4 Å². The van der Waals surface area contributed by atoms with Crippen LogP contribution < -0.4 is 0 Å². The third-order valence-electron chi connectivity index (χ3n) is 3.05. The van der Waals surface area contributed by atoms with Crippen LogP contribution in [0, 0.1) is 0 Å². The van der Waals surface area contributed by atoms with Gasteiger partial charge in [0.25, 0.3) is 0 Å². The monoisotopic (exact) mass is 300 g/mol. The lowest BCUT2D eigenvalue weighted by Crippen LogP contribution is -2.19. The minimum absolute atomic E-state index is 0.0282. The Morgan fingerprint density at radius 2 is 2.25 bits per heavy atom. The Morgan fingerprint density at radius 3 is 2.75 bits per heavy atom. The fourth-order valence-corrected chi connectivity index (χ4v) is 2.97. The zero-order chi connectivity index (χ0) is 15.1. The van der Waals surface area contributed by atoms with E-state index in [1.54, 1.807) is 7.11 Å². The zero-order valence-electron chi connectivity index (χ0n) is 12.6. The summed E-state index contributed by atoms with van der Waals surface area (Å²) in [6.45, 7) is 6.99. The Hall–Kier alpha value is -1.01. The molecule has 5 nitrogen and oxygen atoms in total. The molecule has 1 unspecified atom stereocenters. The van der Waals surface area contributed by atoms with Gasteiger partial charge in [0, 0.05) is 19.0 Å². The molecule has 1 atom stereocenters. The third kappa shape index (κ3) is 4.52. The van der Waals surface area contributed by atoms with Crippen molar-refractivity contribution < 1.29 is 14.6 Å². The molecule has 0 aromatic carbocycles. The van der Waals surface area contributed by atoms with Gasteiger partial charge in [-0.05, 0) is 12.3 Å². The molecule has 114 valence electrons. The van der Waals surface area contributed by atoms with Crippen molar-refractivity contribution in [3.63, 3.8) is 0 Å². The fraction of sp³-hybridized carbons (Fsp3) is 0.714. The predicted molar refractivity (Wildman–Crippen MR) is 80.5 cm³/mol. The van der Waals surface area contributed by atoms with Crippen LogP contribution in [0.5, 0.6) is 0 Å². The Morgan fingerprint density at radius 1 is 1.55 bits per heavy atom. The van der Waals surface area contributed by atoms with Gasteiger partial charge in [0.05, 0.1) is 18.4 Å². The smallest absolute Gasteiger partial charge is 0.313 e. The standard InChI is InChI=1S/C14H24N2O3S/c1-5-6-11(8-19-4)16-12(10(2)3)7-15-14(16)20-9-13(17)18/h7,10-11H,5-6,8-9H2,1-4H3,(H,17,18). The van der Waals surface area contributed by atoms with Crippen molar-refractivity contribution in [3.05, 3.63) is 11.9 Å². The predicted octanol–water partition coefficient (Wildman–Crippen LogP) is 3.17. The number of thioether (sulfide) groups is 1. The van der Waals surface area contributed by atoms with Gasteiger partial charge < -0.3 is 14.4 Å². The number of hydrogen-bond donors (Lipinski definition) is 1. The molecule has 1 aromatic rings. The van der Waals surface area contributed by atoms with Crippen molar-refractivity contribution in [3.8, 4) is 0 Å². The van der Waals surface area contributed by atoms with E-state index >= 15 is 0 Å². The second-order valence-corrected chi connectivity index (χ2v) is 6.01. The second kappa shape index (κ2) is 8.32. The minimum Gasteiger partial charge on any atom is -0.481 e. The van der Waals surface area contributed by atoms with E-state index < -0.39 is 5.97 Å². The van der Waals surface area contributed by atoms with E-state index in [-0.39, 0.29) is 11.8 Å². The van der Waals surface area contributed by atoms with Crippen molar-refractivity contribution in [1.82, 2.24) is 9.55 Å². The van der Waals surface area contributed by atoms with Crippen molar-refractivity contribution in [2.45, 2.75) is 50.7 Å². The largest absolute Gasteiger partial charge is 0.481 e. The summed E-state index contributed by atoms with van der Waals surface area (Å²) < 4.78 is 7.48. The van der Waals surface area contributed by atoms with Crippen LogP contribution >= 0.6 is 11.8 Å². The van der Waals surface area contributed by atoms with Crippen molar-refractivity contribution in [1.29, 1.82) is 0 Å². The molecular weight excluding hydrogens is 276 g/mol. The zero-order valence-corrected chi connectivity index (χ0v) is 13.4. The number of aliphatic carboxylic acids is 1. The molecule has 0 saturated carbocycles. The van der Waals surface area contributed by atoms with Gasteiger partial charge in [-0.2, -0.15) is 0 Å². The molecule has 0 aliphatic heterocycles. The highest BCUT2D eigenvalue weighted by molar-refractivity contribution is 7.99. The van der Waals surface area contributed by atoms with E-state index in [1.807, 2.05) is 6.20 Å². The van der Waals surface area contributed by atoms with E-state index in [0.717, 1.165) is 23.7 Å². The van der Waals surface area contributed by atoms with Crippen LogP contribution in [0.1, 0.15) is 51.3 Å². The van der Waals surface area contributed by atoms with E-state index in [2.05, 4.69) is 30.3 Å². The van der Waals surface area contributed by atoms with Crippen LogP contribution in [-0.2, 0) is 9.53 Å². The van der Waals surface area contributed by atoms with Crippen molar-refractivity contribution >= 4 is 17.7 Å². The van der Waals surface area contributed by atoms with Gasteiger partial charge in [-0.15, -0.1) is 0 Å². The van der Waals surface area contributed by atoms with Crippen LogP contribution in [0.3, 0.4) is 0 Å². The topological polar surface area (TPSA) is 64.4 Å². The molecule has 6 heteroatoms. The van der Waals surface area contributed by atoms with Gasteiger partial charge in [-0.1, -0.05) is 39.0 Å².